The number of amides is 2. The van der Waals surface area contributed by atoms with Crippen LogP contribution < -0.4 is 16.0 Å². The molecule has 208 valence electrons. The Morgan fingerprint density at radius 2 is 1.50 bits per heavy atom. The van der Waals surface area contributed by atoms with E-state index in [2.05, 4.69) is 16.0 Å². The summed E-state index contributed by atoms with van der Waals surface area (Å²) in [6.45, 7) is 0. The van der Waals surface area contributed by atoms with Gasteiger partial charge in [-0.1, -0.05) is 60.1 Å². The van der Waals surface area contributed by atoms with E-state index in [9.17, 15) is 24.5 Å². The highest BCUT2D eigenvalue weighted by atomic mass is 35.5. The molecular weight excluding hydrogens is 556 g/mol. The number of rotatable bonds is 5. The van der Waals surface area contributed by atoms with Gasteiger partial charge in [0.25, 0.3) is 5.69 Å². The first kappa shape index (κ1) is 26.1. The van der Waals surface area contributed by atoms with E-state index in [-0.39, 0.29) is 16.8 Å². The van der Waals surface area contributed by atoms with Gasteiger partial charge < -0.3 is 10.6 Å². The zero-order chi connectivity index (χ0) is 29.2. The molecular formula is C32H23ClN4O5. The van der Waals surface area contributed by atoms with Crippen molar-refractivity contribution in [2.45, 2.75) is 23.4 Å². The number of benzene rings is 4. The second-order valence-corrected chi connectivity index (χ2v) is 11.2. The third-order valence-electron chi connectivity index (χ3n) is 8.76. The van der Waals surface area contributed by atoms with Gasteiger partial charge in [-0.3, -0.25) is 29.8 Å². The maximum absolute atomic E-state index is 14.8. The van der Waals surface area contributed by atoms with Gasteiger partial charge in [-0.2, -0.15) is 0 Å². The lowest BCUT2D eigenvalue weighted by molar-refractivity contribution is -0.384. The predicted molar refractivity (Wildman–Crippen MR) is 156 cm³/mol. The molecule has 0 aromatic heterocycles. The molecule has 1 fully saturated rings. The molecule has 7 rings (SSSR count). The van der Waals surface area contributed by atoms with Crippen LogP contribution in [0.15, 0.2) is 97.1 Å². The van der Waals surface area contributed by atoms with Crippen molar-refractivity contribution in [1.82, 2.24) is 5.32 Å². The molecule has 3 N–H and O–H groups in total. The number of hydrogen-bond acceptors (Lipinski definition) is 6. The highest BCUT2D eigenvalue weighted by molar-refractivity contribution is 6.30. The second-order valence-electron chi connectivity index (χ2n) is 10.8. The van der Waals surface area contributed by atoms with Crippen molar-refractivity contribution < 1.29 is 19.3 Å². The number of carbonyl (C=O) groups excluding carboxylic acids is 3. The summed E-state index contributed by atoms with van der Waals surface area (Å²) in [6.07, 6.45) is 0.298. The normalized spacial score (nSPS) is 25.3. The van der Waals surface area contributed by atoms with Gasteiger partial charge in [-0.15, -0.1) is 0 Å². The number of non-ortho nitro benzene ring substituents is 1. The average molecular weight is 579 g/mol. The number of nitro groups is 1. The molecule has 3 heterocycles. The number of Topliss-reactive ketones (excluding diaryl/α,β-unsaturated/α-hetero) is 1. The molecule has 0 unspecified atom stereocenters. The van der Waals surface area contributed by atoms with E-state index < -0.39 is 45.4 Å². The van der Waals surface area contributed by atoms with Gasteiger partial charge in [-0.25, -0.2) is 0 Å². The number of para-hydroxylation sites is 1. The second kappa shape index (κ2) is 9.34. The third kappa shape index (κ3) is 3.50. The summed E-state index contributed by atoms with van der Waals surface area (Å²) in [5.74, 6) is -2.76. The number of carbonyl (C=O) groups is 3. The van der Waals surface area contributed by atoms with Crippen molar-refractivity contribution in [1.29, 1.82) is 0 Å². The van der Waals surface area contributed by atoms with Crippen LogP contribution in [0.4, 0.5) is 17.1 Å². The van der Waals surface area contributed by atoms with E-state index in [1.54, 1.807) is 48.5 Å². The first-order valence-corrected chi connectivity index (χ1v) is 13.8. The Morgan fingerprint density at radius 1 is 0.833 bits per heavy atom. The van der Waals surface area contributed by atoms with Crippen LogP contribution in [-0.4, -0.2) is 28.6 Å². The van der Waals surface area contributed by atoms with Crippen molar-refractivity contribution in [3.8, 4) is 0 Å². The summed E-state index contributed by atoms with van der Waals surface area (Å²) >= 11 is 6.14. The van der Waals surface area contributed by atoms with Gasteiger partial charge in [0, 0.05) is 45.7 Å². The summed E-state index contributed by atoms with van der Waals surface area (Å²) < 4.78 is 0. The molecule has 0 aliphatic carbocycles. The number of nitrogens with zero attached hydrogens (tertiary/aromatic N) is 1. The van der Waals surface area contributed by atoms with Gasteiger partial charge >= 0.3 is 0 Å². The van der Waals surface area contributed by atoms with Gasteiger partial charge in [0.1, 0.15) is 11.0 Å². The molecule has 10 heteroatoms. The van der Waals surface area contributed by atoms with E-state index >= 15 is 0 Å². The first-order chi connectivity index (χ1) is 20.3. The molecule has 2 spiro atoms. The molecule has 42 heavy (non-hydrogen) atoms. The number of nitrogens with one attached hydrogen (secondary N) is 3. The van der Waals surface area contributed by atoms with Gasteiger partial charge in [0.05, 0.1) is 10.8 Å². The maximum atomic E-state index is 14.8. The number of hydrogen-bond donors (Lipinski definition) is 3. The van der Waals surface area contributed by atoms with E-state index in [0.29, 0.717) is 28.4 Å². The lowest BCUT2D eigenvalue weighted by Gasteiger charge is -2.36. The molecule has 0 saturated carbocycles. The molecule has 3 aliphatic rings. The van der Waals surface area contributed by atoms with Crippen molar-refractivity contribution >= 4 is 46.3 Å². The smallest absolute Gasteiger partial charge is 0.269 e. The van der Waals surface area contributed by atoms with Crippen LogP contribution in [0.2, 0.25) is 5.02 Å². The highest BCUT2D eigenvalue weighted by Gasteiger charge is 2.75. The monoisotopic (exact) mass is 578 g/mol. The average Bonchev–Trinajstić information content (AvgIpc) is 3.56. The zero-order valence-corrected chi connectivity index (χ0v) is 22.7. The minimum atomic E-state index is -1.80. The van der Waals surface area contributed by atoms with Crippen molar-refractivity contribution in [2.24, 2.45) is 5.92 Å². The molecule has 1 saturated heterocycles. The molecule has 4 aromatic rings. The Morgan fingerprint density at radius 3 is 2.24 bits per heavy atom. The quantitative estimate of drug-likeness (QED) is 0.174. The SMILES string of the molecule is O=C(c1ccc(Cl)cc1)[C@H]1[C@]2(C(=O)Nc3ccccc32)[C@H](Cc2ccccc2)N[C@]12C(=O)Nc1ccc([N+](=O)[O-])cc12. The van der Waals surface area contributed by atoms with Gasteiger partial charge in [-0.05, 0) is 53.9 Å². The maximum Gasteiger partial charge on any atom is 0.269 e. The van der Waals surface area contributed by atoms with E-state index in [1.165, 1.54) is 18.2 Å². The topological polar surface area (TPSA) is 130 Å². The Kier molecular flexibility index (Phi) is 5.79. The number of fused-ring (bicyclic) bond motifs is 4. The number of ketones is 1. The Balaban J connectivity index is 1.55. The van der Waals surface area contributed by atoms with Crippen LogP contribution in [0, 0.1) is 16.0 Å². The molecule has 2 amide bonds. The van der Waals surface area contributed by atoms with E-state index in [1.807, 2.05) is 30.3 Å². The van der Waals surface area contributed by atoms with Gasteiger partial charge in [0.2, 0.25) is 11.8 Å². The van der Waals surface area contributed by atoms with Crippen LogP contribution in [-0.2, 0) is 27.0 Å². The summed E-state index contributed by atoms with van der Waals surface area (Å²) in [5.41, 5.74) is -0.714. The van der Waals surface area contributed by atoms with Crippen molar-refractivity contribution in [2.75, 3.05) is 10.6 Å². The van der Waals surface area contributed by atoms with Crippen molar-refractivity contribution in [3.05, 3.63) is 134 Å². The molecule has 0 bridgehead atoms. The summed E-state index contributed by atoms with van der Waals surface area (Å²) in [5, 5.41) is 21.6. The number of halogens is 1. The Bertz CT molecular complexity index is 1810. The number of anilines is 2. The van der Waals surface area contributed by atoms with Crippen LogP contribution in [0.3, 0.4) is 0 Å². The summed E-state index contributed by atoms with van der Waals surface area (Å²) in [7, 11) is 0. The fraction of sp³-hybridized carbons (Fsp3) is 0.156. The van der Waals surface area contributed by atoms with Crippen LogP contribution in [0.1, 0.15) is 27.0 Å². The highest BCUT2D eigenvalue weighted by Crippen LogP contribution is 2.60. The minimum Gasteiger partial charge on any atom is -0.325 e. The largest absolute Gasteiger partial charge is 0.325 e. The molecule has 9 nitrogen and oxygen atoms in total. The fourth-order valence-electron chi connectivity index (χ4n) is 7.05. The van der Waals surface area contributed by atoms with Crippen LogP contribution >= 0.6 is 11.6 Å². The number of nitro benzene ring substituents is 1. The Labute approximate surface area is 245 Å². The summed E-state index contributed by atoms with van der Waals surface area (Å²) in [4.78, 5) is 54.8. The van der Waals surface area contributed by atoms with Gasteiger partial charge in [0.15, 0.2) is 5.78 Å². The van der Waals surface area contributed by atoms with Crippen molar-refractivity contribution in [3.63, 3.8) is 0 Å². The molecule has 3 aliphatic heterocycles. The summed E-state index contributed by atoms with van der Waals surface area (Å²) in [6, 6.07) is 26.3. The van der Waals surface area contributed by atoms with E-state index in [4.69, 9.17) is 11.6 Å². The lowest BCUT2D eigenvalue weighted by atomic mass is 9.60. The molecule has 4 aromatic carbocycles. The third-order valence-corrected chi connectivity index (χ3v) is 9.01. The Hall–Kier alpha value is -4.86. The minimum absolute atomic E-state index is 0.235. The standard InChI is InChI=1S/C32H23ClN4O5/c33-20-12-10-19(11-13-20)27(38)28-31(22-8-4-5-9-24(22)34-29(31)39)26(16-18-6-2-1-3-7-18)36-32(28)23-17-21(37(41)42)14-15-25(23)35-30(32)40/h1-15,17,26,28,36H,16H2,(H,34,39)(H,35,40)/t26-,28-,31+,32-/m0/s1. The lowest BCUT2D eigenvalue weighted by Crippen LogP contribution is -2.54. The van der Waals surface area contributed by atoms with Crippen LogP contribution in [0.25, 0.3) is 0 Å². The zero-order valence-electron chi connectivity index (χ0n) is 22.0. The van der Waals surface area contributed by atoms with Crippen LogP contribution in [0.5, 0.6) is 0 Å². The fourth-order valence-corrected chi connectivity index (χ4v) is 7.17. The molecule has 0 radical (unpaired) electrons. The first-order valence-electron chi connectivity index (χ1n) is 13.4. The molecule has 4 atom stereocenters. The van der Waals surface area contributed by atoms with E-state index in [0.717, 1.165) is 5.56 Å². The predicted octanol–water partition coefficient (Wildman–Crippen LogP) is 5.00.